The lowest BCUT2D eigenvalue weighted by Crippen LogP contribution is -2.50. The van der Waals surface area contributed by atoms with E-state index in [0.717, 1.165) is 13.9 Å². The van der Waals surface area contributed by atoms with E-state index in [1.807, 2.05) is 0 Å². The van der Waals surface area contributed by atoms with Crippen molar-refractivity contribution in [3.05, 3.63) is 75.3 Å². The van der Waals surface area contributed by atoms with Crippen LogP contribution in [-0.2, 0) is 17.9 Å². The fourth-order valence-electron chi connectivity index (χ4n) is 6.01. The Morgan fingerprint density at radius 1 is 1.24 bits per heavy atom. The van der Waals surface area contributed by atoms with Crippen molar-refractivity contribution in [1.82, 2.24) is 49.6 Å². The van der Waals surface area contributed by atoms with Gasteiger partial charge in [-0.05, 0) is 24.1 Å². The van der Waals surface area contributed by atoms with E-state index in [-0.39, 0.29) is 48.4 Å². The van der Waals surface area contributed by atoms with Gasteiger partial charge in [0.05, 0.1) is 40.8 Å². The summed E-state index contributed by atoms with van der Waals surface area (Å²) in [6, 6.07) is 0.665. The minimum atomic E-state index is -5.03. The summed E-state index contributed by atoms with van der Waals surface area (Å²) in [7, 11) is 0. The molecule has 15 nitrogen and oxygen atoms in total. The quantitative estimate of drug-likeness (QED) is 0.250. The molecule has 0 saturated carbocycles. The summed E-state index contributed by atoms with van der Waals surface area (Å²) in [5, 5.41) is 24.2. The van der Waals surface area contributed by atoms with Crippen molar-refractivity contribution in [2.24, 2.45) is 0 Å². The molecule has 2 aliphatic heterocycles. The van der Waals surface area contributed by atoms with Crippen LogP contribution in [0.25, 0.3) is 5.69 Å². The van der Waals surface area contributed by atoms with Crippen LogP contribution in [0, 0.1) is 0 Å². The monoisotopic (exact) mass is 660 g/mol. The Morgan fingerprint density at radius 2 is 2.02 bits per heavy atom. The molecule has 5 heterocycles. The van der Waals surface area contributed by atoms with Crippen molar-refractivity contribution in [3.63, 3.8) is 0 Å². The van der Waals surface area contributed by atoms with Gasteiger partial charge in [-0.1, -0.05) is 12.2 Å². The van der Waals surface area contributed by atoms with E-state index in [1.165, 1.54) is 23.4 Å². The number of amides is 3. The highest BCUT2D eigenvalue weighted by Crippen LogP contribution is 2.54. The fourth-order valence-corrected chi connectivity index (χ4v) is 6.30. The maximum Gasteiger partial charge on any atom is 0.416 e. The Bertz CT molecular complexity index is 1940. The number of alkyl halides is 4. The highest BCUT2D eigenvalue weighted by Gasteiger charge is 2.53. The minimum absolute atomic E-state index is 0.0613. The normalized spacial score (nSPS) is 24.4. The second-order valence-corrected chi connectivity index (χ2v) is 12.2. The number of hydrogen-bond donors (Lipinski definition) is 3. The van der Waals surface area contributed by atoms with Crippen molar-refractivity contribution in [2.75, 3.05) is 19.6 Å². The molecule has 1 saturated heterocycles. The van der Waals surface area contributed by atoms with E-state index in [2.05, 4.69) is 30.8 Å². The molecule has 0 radical (unpaired) electrons. The van der Waals surface area contributed by atoms with Crippen molar-refractivity contribution in [3.8, 4) is 5.69 Å². The summed E-state index contributed by atoms with van der Waals surface area (Å²) in [5.74, 6) is -3.15. The Kier molecular flexibility index (Phi) is 6.71. The standard InChI is InChI=1S/C27H24ClF3N10O5/c1-26(28)4-2-13-18-19(26)20(18)35-23(44)12-3-5-32-8-14(12)41-22(24(45)38-7-6-33-17(43)11-38)34-16(36-41)10-40-25(46)39(21(13)37-40)9-15(42)27(29,30)31/h2-5,8,13,15,20,42H,6-7,9-11H2,1H3,(H,33,43)(H,35,44)/t13?,15-,20?,26?/m0/s1. The van der Waals surface area contributed by atoms with E-state index in [1.54, 1.807) is 19.1 Å². The first-order valence-electron chi connectivity index (χ1n) is 14.1. The van der Waals surface area contributed by atoms with E-state index in [0.29, 0.717) is 11.1 Å². The average Bonchev–Trinajstić information content (AvgIpc) is 3.45. The highest BCUT2D eigenvalue weighted by atomic mass is 35.5. The molecule has 46 heavy (non-hydrogen) atoms. The van der Waals surface area contributed by atoms with Gasteiger partial charge < -0.3 is 20.6 Å². The number of fused-ring (bicyclic) bond motifs is 8. The molecule has 4 bridgehead atoms. The molecule has 0 aromatic carbocycles. The zero-order valence-corrected chi connectivity index (χ0v) is 24.6. The van der Waals surface area contributed by atoms with Crippen LogP contribution in [0.2, 0.25) is 0 Å². The van der Waals surface area contributed by atoms with Crippen LogP contribution in [-0.4, -0.2) is 105 Å². The number of nitrogens with zero attached hydrogens (tertiary/aromatic N) is 8. The Hall–Kier alpha value is -4.84. The largest absolute Gasteiger partial charge is 0.416 e. The van der Waals surface area contributed by atoms with Crippen LogP contribution >= 0.6 is 11.6 Å². The molecule has 3 unspecified atom stereocenters. The fraction of sp³-hybridized carbons (Fsp3) is 0.407. The van der Waals surface area contributed by atoms with Crippen LogP contribution in [0.15, 0.2) is 46.6 Å². The van der Waals surface area contributed by atoms with Crippen LogP contribution in [0.5, 0.6) is 0 Å². The summed E-state index contributed by atoms with van der Waals surface area (Å²) in [5.41, 5.74) is 0.243. The maximum atomic E-state index is 13.8. The number of halogens is 4. The Labute approximate surface area is 261 Å². The zero-order valence-electron chi connectivity index (χ0n) is 23.8. The molecule has 0 spiro atoms. The van der Waals surface area contributed by atoms with E-state index < -0.39 is 65.6 Å². The molecule has 4 aliphatic rings. The predicted octanol–water partition coefficient (Wildman–Crippen LogP) is -0.363. The van der Waals surface area contributed by atoms with E-state index in [4.69, 9.17) is 11.6 Å². The van der Waals surface area contributed by atoms with Gasteiger partial charge in [-0.3, -0.25) is 23.9 Å². The van der Waals surface area contributed by atoms with Crippen LogP contribution in [0.4, 0.5) is 13.2 Å². The first-order chi connectivity index (χ1) is 21.7. The van der Waals surface area contributed by atoms with E-state index in [9.17, 15) is 37.5 Å². The van der Waals surface area contributed by atoms with Crippen molar-refractivity contribution in [1.29, 1.82) is 0 Å². The number of rotatable bonds is 3. The molecule has 7 rings (SSSR count). The van der Waals surface area contributed by atoms with Gasteiger partial charge in [-0.25, -0.2) is 19.1 Å². The van der Waals surface area contributed by atoms with Crippen LogP contribution < -0.4 is 16.3 Å². The number of allylic oxidation sites excluding steroid dienone is 2. The summed E-state index contributed by atoms with van der Waals surface area (Å²) < 4.78 is 43.0. The number of carbonyl (C=O) groups is 3. The second kappa shape index (κ2) is 10.3. The summed E-state index contributed by atoms with van der Waals surface area (Å²) in [6.45, 7) is 0.131. The highest BCUT2D eigenvalue weighted by molar-refractivity contribution is 6.28. The minimum Gasteiger partial charge on any atom is -0.382 e. The molecule has 19 heteroatoms. The third-order valence-corrected chi connectivity index (χ3v) is 8.59. The molecule has 3 aromatic heterocycles. The van der Waals surface area contributed by atoms with Gasteiger partial charge in [-0.2, -0.15) is 18.3 Å². The lowest BCUT2D eigenvalue weighted by atomic mass is 9.96. The third-order valence-electron chi connectivity index (χ3n) is 8.26. The molecule has 1 fully saturated rings. The van der Waals surface area contributed by atoms with Gasteiger partial charge in [0.1, 0.15) is 18.9 Å². The lowest BCUT2D eigenvalue weighted by Gasteiger charge is -2.26. The first-order valence-corrected chi connectivity index (χ1v) is 14.4. The summed E-state index contributed by atoms with van der Waals surface area (Å²) in [4.78, 5) is 61.7. The van der Waals surface area contributed by atoms with Crippen molar-refractivity contribution >= 4 is 29.3 Å². The lowest BCUT2D eigenvalue weighted by molar-refractivity contribution is -0.207. The van der Waals surface area contributed by atoms with Crippen LogP contribution in [0.3, 0.4) is 0 Å². The first kappa shape index (κ1) is 29.8. The number of piperazine rings is 1. The molecule has 4 atom stereocenters. The maximum absolute atomic E-state index is 13.8. The van der Waals surface area contributed by atoms with Crippen molar-refractivity contribution < 1.29 is 32.7 Å². The molecule has 3 amide bonds. The molecule has 2 aliphatic carbocycles. The van der Waals surface area contributed by atoms with Crippen LogP contribution in [0.1, 0.15) is 45.5 Å². The van der Waals surface area contributed by atoms with Gasteiger partial charge in [0.2, 0.25) is 11.7 Å². The molecule has 3 aromatic rings. The van der Waals surface area contributed by atoms with Crippen molar-refractivity contribution in [2.45, 2.75) is 49.1 Å². The number of aliphatic hydroxyl groups is 1. The molecular formula is C27H24ClF3N10O5. The summed E-state index contributed by atoms with van der Waals surface area (Å²) >= 11 is 6.75. The van der Waals surface area contributed by atoms with Gasteiger partial charge in [0.25, 0.3) is 11.8 Å². The van der Waals surface area contributed by atoms with Gasteiger partial charge >= 0.3 is 11.9 Å². The second-order valence-electron chi connectivity index (χ2n) is 11.4. The number of hydrogen-bond acceptors (Lipinski definition) is 9. The van der Waals surface area contributed by atoms with Gasteiger partial charge in [0.15, 0.2) is 11.9 Å². The third kappa shape index (κ3) is 4.87. The molecular weight excluding hydrogens is 637 g/mol. The van der Waals surface area contributed by atoms with Gasteiger partial charge in [-0.15, -0.1) is 16.7 Å². The van der Waals surface area contributed by atoms with E-state index >= 15 is 0 Å². The number of nitrogens with one attached hydrogen (secondary N) is 2. The average molecular weight is 661 g/mol. The number of carbonyl (C=O) groups excluding carboxylic acids is 3. The number of aliphatic hydroxyl groups excluding tert-OH is 1. The Morgan fingerprint density at radius 3 is 2.76 bits per heavy atom. The number of aromatic nitrogens is 7. The number of pyridine rings is 1. The Balaban J connectivity index is 1.40. The summed E-state index contributed by atoms with van der Waals surface area (Å²) in [6.07, 6.45) is -2.06. The SMILES string of the molecule is CC1(Cl)C=CC2C3=C1C3NC(=O)c1ccncc1-n1nc(nc1C(=O)N1CCNC(=O)C1)Cn1nc2n(C[C@H](O)C(F)(F)F)c1=O. The smallest absolute Gasteiger partial charge is 0.382 e. The molecule has 3 N–H and O–H groups in total. The molecule has 240 valence electrons. The zero-order chi connectivity index (χ0) is 32.7. The topological polar surface area (TPSA) is 182 Å². The predicted molar refractivity (Wildman–Crippen MR) is 150 cm³/mol. The van der Waals surface area contributed by atoms with Gasteiger partial charge in [0, 0.05) is 19.3 Å².